The number of hydrogen-bond acceptors (Lipinski definition) is 7. The lowest BCUT2D eigenvalue weighted by molar-refractivity contribution is -0.151. The number of rotatable bonds is 8. The van der Waals surface area contributed by atoms with Gasteiger partial charge in [-0.25, -0.2) is 0 Å². The molecule has 0 saturated carbocycles. The lowest BCUT2D eigenvalue weighted by atomic mass is 10.0. The molecule has 164 valence electrons. The van der Waals surface area contributed by atoms with Crippen LogP contribution in [0.15, 0.2) is 59.3 Å². The van der Waals surface area contributed by atoms with Crippen molar-refractivity contribution in [2.45, 2.75) is 25.4 Å². The molecule has 0 saturated heterocycles. The van der Waals surface area contributed by atoms with Gasteiger partial charge in [0.25, 0.3) is 0 Å². The van der Waals surface area contributed by atoms with Crippen molar-refractivity contribution in [3.05, 3.63) is 64.9 Å². The zero-order valence-corrected chi connectivity index (χ0v) is 18.3. The molecular weight excluding hydrogens is 426 g/mol. The maximum Gasteiger partial charge on any atom is 0.306 e. The van der Waals surface area contributed by atoms with Crippen LogP contribution in [-0.2, 0) is 9.53 Å². The van der Waals surface area contributed by atoms with Crippen molar-refractivity contribution < 1.29 is 23.7 Å². The number of unbranched alkanes of at least 4 members (excludes halogenated alkanes) is 1. The Labute approximate surface area is 190 Å². The summed E-state index contributed by atoms with van der Waals surface area (Å²) in [6, 6.07) is 17.4. The van der Waals surface area contributed by atoms with Crippen molar-refractivity contribution in [1.82, 2.24) is 0 Å². The maximum absolute atomic E-state index is 12.1. The first-order valence-electron chi connectivity index (χ1n) is 10.5. The number of benzene rings is 2. The van der Waals surface area contributed by atoms with E-state index in [9.17, 15) is 4.79 Å². The van der Waals surface area contributed by atoms with Crippen LogP contribution in [0.1, 0.15) is 24.8 Å². The van der Waals surface area contributed by atoms with E-state index in [2.05, 4.69) is 6.07 Å². The van der Waals surface area contributed by atoms with Crippen molar-refractivity contribution in [3.63, 3.8) is 0 Å². The number of nitrogens with zero attached hydrogens (tertiary/aromatic N) is 1. The summed E-state index contributed by atoms with van der Waals surface area (Å²) in [6.45, 7) is 1.13. The highest BCUT2D eigenvalue weighted by Gasteiger charge is 2.22. The van der Waals surface area contributed by atoms with Crippen molar-refractivity contribution in [3.8, 4) is 34.4 Å². The molecule has 0 N–H and O–H groups in total. The Bertz CT molecular complexity index is 1050. The summed E-state index contributed by atoms with van der Waals surface area (Å²) < 4.78 is 22.5. The topological polar surface area (TPSA) is 77.8 Å². The van der Waals surface area contributed by atoms with E-state index >= 15 is 0 Å². The van der Waals surface area contributed by atoms with Gasteiger partial charge < -0.3 is 18.9 Å². The maximum atomic E-state index is 12.1. The van der Waals surface area contributed by atoms with E-state index in [1.807, 2.05) is 47.2 Å². The third-order valence-corrected chi connectivity index (χ3v) is 5.69. The molecule has 4 rings (SSSR count). The first-order chi connectivity index (χ1) is 15.7. The van der Waals surface area contributed by atoms with Crippen LogP contribution in [0.5, 0.6) is 17.2 Å². The van der Waals surface area contributed by atoms with Gasteiger partial charge in [-0.3, -0.25) is 4.79 Å². The fourth-order valence-corrected chi connectivity index (χ4v) is 3.94. The van der Waals surface area contributed by atoms with Crippen LogP contribution in [-0.4, -0.2) is 31.9 Å². The van der Waals surface area contributed by atoms with Gasteiger partial charge in [0.2, 0.25) is 0 Å². The van der Waals surface area contributed by atoms with Crippen LogP contribution < -0.4 is 14.2 Å². The van der Waals surface area contributed by atoms with Gasteiger partial charge in [0.1, 0.15) is 19.0 Å². The Morgan fingerprint density at radius 2 is 1.59 bits per heavy atom. The summed E-state index contributed by atoms with van der Waals surface area (Å²) in [6.07, 6.45) is 1.37. The van der Waals surface area contributed by atoms with Crippen LogP contribution in [0.3, 0.4) is 0 Å². The Hall–Kier alpha value is -3.50. The molecule has 0 bridgehead atoms. The van der Waals surface area contributed by atoms with E-state index < -0.39 is 6.10 Å². The molecule has 1 aromatic heterocycles. The highest BCUT2D eigenvalue weighted by molar-refractivity contribution is 7.08. The molecule has 32 heavy (non-hydrogen) atoms. The Balaban J connectivity index is 1.13. The third-order valence-electron chi connectivity index (χ3n) is 4.99. The largest absolute Gasteiger partial charge is 0.494 e. The summed E-state index contributed by atoms with van der Waals surface area (Å²) in [7, 11) is 0. The zero-order valence-electron chi connectivity index (χ0n) is 17.5. The molecule has 7 heteroatoms. The first kappa shape index (κ1) is 21.7. The third kappa shape index (κ3) is 5.80. The first-order valence-corrected chi connectivity index (χ1v) is 11.4. The van der Waals surface area contributed by atoms with Crippen molar-refractivity contribution >= 4 is 17.3 Å². The number of esters is 1. The number of carbonyl (C=O) groups excluding carboxylic acids is 1. The number of ether oxygens (including phenoxy) is 4. The summed E-state index contributed by atoms with van der Waals surface area (Å²) in [4.78, 5) is 12.1. The Morgan fingerprint density at radius 3 is 2.22 bits per heavy atom. The van der Waals surface area contributed by atoms with Crippen molar-refractivity contribution in [2.75, 3.05) is 19.8 Å². The second-order valence-electron chi connectivity index (χ2n) is 7.35. The van der Waals surface area contributed by atoms with Gasteiger partial charge in [-0.2, -0.15) is 5.26 Å². The molecule has 0 amide bonds. The Kier molecular flexibility index (Phi) is 7.26. The summed E-state index contributed by atoms with van der Waals surface area (Å²) in [5.74, 6) is 1.94. The molecule has 0 fully saturated rings. The minimum atomic E-state index is -0.397. The molecule has 6 nitrogen and oxygen atoms in total. The summed E-state index contributed by atoms with van der Waals surface area (Å²) in [5.41, 5.74) is 2.75. The lowest BCUT2D eigenvalue weighted by Crippen LogP contribution is -2.29. The SMILES string of the molecule is N#Cc1ccc(-c2ccc(OCCCCC(=O)OC3COc4cscc4OC3)cc2)cc1. The average Bonchev–Trinajstić information content (AvgIpc) is 3.20. The number of fused-ring (bicyclic) bond motifs is 1. The average molecular weight is 450 g/mol. The molecule has 2 heterocycles. The molecule has 1 aliphatic rings. The highest BCUT2D eigenvalue weighted by atomic mass is 32.1. The molecule has 0 unspecified atom stereocenters. The van der Waals surface area contributed by atoms with E-state index in [4.69, 9.17) is 24.2 Å². The Morgan fingerprint density at radius 1 is 0.969 bits per heavy atom. The van der Waals surface area contributed by atoms with Crippen LogP contribution in [0.4, 0.5) is 0 Å². The molecule has 3 aromatic rings. The highest BCUT2D eigenvalue weighted by Crippen LogP contribution is 2.33. The summed E-state index contributed by atoms with van der Waals surface area (Å²) in [5, 5.41) is 12.6. The van der Waals surface area contributed by atoms with Crippen LogP contribution in [0.2, 0.25) is 0 Å². The quantitative estimate of drug-likeness (QED) is 0.347. The lowest BCUT2D eigenvalue weighted by Gasteiger charge is -2.14. The molecule has 0 radical (unpaired) electrons. The van der Waals surface area contributed by atoms with E-state index in [0.29, 0.717) is 49.7 Å². The number of nitriles is 1. The minimum Gasteiger partial charge on any atom is -0.494 e. The monoisotopic (exact) mass is 449 g/mol. The van der Waals surface area contributed by atoms with Gasteiger partial charge in [-0.15, -0.1) is 11.3 Å². The smallest absolute Gasteiger partial charge is 0.306 e. The molecule has 0 atom stereocenters. The van der Waals surface area contributed by atoms with Gasteiger partial charge >= 0.3 is 5.97 Å². The standard InChI is InChI=1S/C25H23NO5S/c26-13-18-4-6-19(7-5-18)20-8-10-21(11-9-20)28-12-2-1-3-25(27)31-22-14-29-23-16-32-17-24(23)30-15-22/h4-11,16-17,22H,1-3,12,14-15H2. The molecule has 0 spiro atoms. The molecule has 1 aliphatic heterocycles. The second kappa shape index (κ2) is 10.7. The van der Waals surface area contributed by atoms with Crippen molar-refractivity contribution in [2.24, 2.45) is 0 Å². The minimum absolute atomic E-state index is 0.252. The van der Waals surface area contributed by atoms with E-state index in [1.54, 1.807) is 12.1 Å². The van der Waals surface area contributed by atoms with E-state index in [1.165, 1.54) is 11.3 Å². The summed E-state index contributed by atoms with van der Waals surface area (Å²) >= 11 is 1.52. The molecule has 0 aliphatic carbocycles. The predicted molar refractivity (Wildman–Crippen MR) is 121 cm³/mol. The zero-order chi connectivity index (χ0) is 22.2. The van der Waals surface area contributed by atoms with Crippen LogP contribution in [0.25, 0.3) is 11.1 Å². The van der Waals surface area contributed by atoms with Gasteiger partial charge in [-0.05, 0) is 48.2 Å². The fourth-order valence-electron chi connectivity index (χ4n) is 3.25. The van der Waals surface area contributed by atoms with Crippen LogP contribution in [0, 0.1) is 11.3 Å². The fraction of sp³-hybridized carbons (Fsp3) is 0.280. The van der Waals surface area contributed by atoms with Crippen LogP contribution >= 0.6 is 11.3 Å². The van der Waals surface area contributed by atoms with Gasteiger partial charge in [0, 0.05) is 17.2 Å². The van der Waals surface area contributed by atoms with Gasteiger partial charge in [0.05, 0.1) is 18.2 Å². The second-order valence-corrected chi connectivity index (χ2v) is 8.10. The normalized spacial score (nSPS) is 13.1. The molecular formula is C25H23NO5S. The predicted octanol–water partition coefficient (Wildman–Crippen LogP) is 5.22. The van der Waals surface area contributed by atoms with Gasteiger partial charge in [-0.1, -0.05) is 24.3 Å². The number of carbonyl (C=O) groups is 1. The van der Waals surface area contributed by atoms with Gasteiger partial charge in [0.15, 0.2) is 17.6 Å². The number of hydrogen-bond donors (Lipinski definition) is 0. The number of thiophene rings is 1. The van der Waals surface area contributed by atoms with Crippen molar-refractivity contribution in [1.29, 1.82) is 5.26 Å². The molecule has 2 aromatic carbocycles. The van der Waals surface area contributed by atoms with E-state index in [-0.39, 0.29) is 5.97 Å². The van der Waals surface area contributed by atoms with E-state index in [0.717, 1.165) is 23.3 Å².